The second-order valence-electron chi connectivity index (χ2n) is 2.62. The number of methoxy groups -OCH3 is 1. The molecule has 0 saturated heterocycles. The predicted octanol–water partition coefficient (Wildman–Crippen LogP) is 1.87. The first-order valence-electron chi connectivity index (χ1n) is 3.67. The molecule has 0 aromatic heterocycles. The molecule has 0 atom stereocenters. The van der Waals surface area contributed by atoms with E-state index in [0.29, 0.717) is 6.42 Å². The van der Waals surface area contributed by atoms with Gasteiger partial charge in [0.25, 0.3) is 0 Å². The van der Waals surface area contributed by atoms with Gasteiger partial charge in [0.1, 0.15) is 5.75 Å². The summed E-state index contributed by atoms with van der Waals surface area (Å²) in [6.45, 7) is 0. The Morgan fingerprint density at radius 1 is 1.50 bits per heavy atom. The average molecular weight is 180 g/mol. The van der Waals surface area contributed by atoms with Crippen LogP contribution >= 0.6 is 11.8 Å². The van der Waals surface area contributed by atoms with Gasteiger partial charge in [-0.05, 0) is 17.7 Å². The summed E-state index contributed by atoms with van der Waals surface area (Å²) in [5, 5.41) is 0.221. The van der Waals surface area contributed by atoms with E-state index in [-0.39, 0.29) is 5.12 Å². The van der Waals surface area contributed by atoms with Gasteiger partial charge in [-0.15, -0.1) is 0 Å². The van der Waals surface area contributed by atoms with Gasteiger partial charge in [0.2, 0.25) is 0 Å². The number of hydrogen-bond acceptors (Lipinski definition) is 3. The van der Waals surface area contributed by atoms with Gasteiger partial charge >= 0.3 is 0 Å². The Labute approximate surface area is 74.9 Å². The molecule has 0 radical (unpaired) electrons. The average Bonchev–Trinajstić information content (AvgIpc) is 2.43. The zero-order valence-corrected chi connectivity index (χ0v) is 7.48. The maximum atomic E-state index is 11.0. The quantitative estimate of drug-likeness (QED) is 0.660. The Morgan fingerprint density at radius 3 is 3.08 bits per heavy atom. The van der Waals surface area contributed by atoms with E-state index in [4.69, 9.17) is 4.74 Å². The molecular weight excluding hydrogens is 172 g/mol. The van der Waals surface area contributed by atoms with E-state index in [0.717, 1.165) is 16.2 Å². The molecule has 2 rings (SSSR count). The maximum Gasteiger partial charge on any atom is 0.198 e. The molecule has 1 aromatic carbocycles. The summed E-state index contributed by atoms with van der Waals surface area (Å²) in [7, 11) is 1.63. The first-order valence-corrected chi connectivity index (χ1v) is 4.49. The lowest BCUT2D eigenvalue weighted by molar-refractivity contribution is -0.110. The number of carbonyl (C=O) groups is 1. The van der Waals surface area contributed by atoms with E-state index < -0.39 is 0 Å². The van der Waals surface area contributed by atoms with Gasteiger partial charge in [-0.1, -0.05) is 17.8 Å². The molecule has 2 nitrogen and oxygen atoms in total. The summed E-state index contributed by atoms with van der Waals surface area (Å²) < 4.78 is 5.05. The molecular formula is C9H8O2S. The fourth-order valence-corrected chi connectivity index (χ4v) is 2.14. The molecule has 0 amide bonds. The summed E-state index contributed by atoms with van der Waals surface area (Å²) in [5.41, 5.74) is 1.12. The Balaban J connectivity index is 2.41. The van der Waals surface area contributed by atoms with Crippen molar-refractivity contribution in [3.8, 4) is 5.75 Å². The highest BCUT2D eigenvalue weighted by Gasteiger charge is 2.19. The van der Waals surface area contributed by atoms with Crippen LogP contribution in [-0.4, -0.2) is 12.2 Å². The highest BCUT2D eigenvalue weighted by atomic mass is 32.2. The lowest BCUT2D eigenvalue weighted by Crippen LogP contribution is -1.86. The molecule has 1 aliphatic heterocycles. The number of ether oxygens (including phenoxy) is 1. The molecule has 3 heteroatoms. The molecule has 0 N–H and O–H groups in total. The van der Waals surface area contributed by atoms with Gasteiger partial charge < -0.3 is 4.74 Å². The van der Waals surface area contributed by atoms with Crippen LogP contribution in [0.2, 0.25) is 0 Å². The third kappa shape index (κ3) is 1.20. The molecule has 0 bridgehead atoms. The molecule has 1 aliphatic rings. The van der Waals surface area contributed by atoms with Gasteiger partial charge in [0, 0.05) is 11.3 Å². The second-order valence-corrected chi connectivity index (χ2v) is 3.72. The number of benzene rings is 1. The standard InChI is InChI=1S/C9H8O2S/c1-11-7-3-2-6-4-9(10)12-8(6)5-7/h2-3,5H,4H2,1H3. The Bertz CT molecular complexity index is 333. The first kappa shape index (κ1) is 7.68. The van der Waals surface area contributed by atoms with Crippen molar-refractivity contribution in [2.24, 2.45) is 0 Å². The van der Waals surface area contributed by atoms with Crippen LogP contribution in [0, 0.1) is 0 Å². The van der Waals surface area contributed by atoms with E-state index in [2.05, 4.69) is 0 Å². The molecule has 62 valence electrons. The largest absolute Gasteiger partial charge is 0.497 e. The minimum atomic E-state index is 0.221. The molecule has 1 heterocycles. The van der Waals surface area contributed by atoms with E-state index in [1.807, 2.05) is 18.2 Å². The van der Waals surface area contributed by atoms with Gasteiger partial charge in [-0.2, -0.15) is 0 Å². The fraction of sp³-hybridized carbons (Fsp3) is 0.222. The van der Waals surface area contributed by atoms with Crippen LogP contribution in [0.3, 0.4) is 0 Å². The smallest absolute Gasteiger partial charge is 0.198 e. The number of hydrogen-bond donors (Lipinski definition) is 0. The molecule has 1 aromatic rings. The number of thioether (sulfide) groups is 1. The highest BCUT2D eigenvalue weighted by Crippen LogP contribution is 2.34. The van der Waals surface area contributed by atoms with Crippen molar-refractivity contribution in [2.75, 3.05) is 7.11 Å². The van der Waals surface area contributed by atoms with E-state index in [1.165, 1.54) is 11.8 Å². The van der Waals surface area contributed by atoms with Crippen molar-refractivity contribution >= 4 is 16.9 Å². The summed E-state index contributed by atoms with van der Waals surface area (Å²) in [6.07, 6.45) is 0.560. The predicted molar refractivity (Wildman–Crippen MR) is 47.6 cm³/mol. The van der Waals surface area contributed by atoms with E-state index in [1.54, 1.807) is 7.11 Å². The first-order chi connectivity index (χ1) is 5.79. The Kier molecular flexibility index (Phi) is 1.81. The molecule has 0 saturated carbocycles. The number of fused-ring (bicyclic) bond motifs is 1. The summed E-state index contributed by atoms with van der Waals surface area (Å²) in [4.78, 5) is 12.1. The molecule has 0 aliphatic carbocycles. The topological polar surface area (TPSA) is 26.3 Å². The number of carbonyl (C=O) groups excluding carboxylic acids is 1. The second kappa shape index (κ2) is 2.83. The van der Waals surface area contributed by atoms with Gasteiger partial charge in [-0.25, -0.2) is 0 Å². The maximum absolute atomic E-state index is 11.0. The minimum Gasteiger partial charge on any atom is -0.497 e. The highest BCUT2D eigenvalue weighted by molar-refractivity contribution is 8.14. The molecule has 0 fully saturated rings. The van der Waals surface area contributed by atoms with Crippen LogP contribution < -0.4 is 4.74 Å². The van der Waals surface area contributed by atoms with Crippen molar-refractivity contribution in [2.45, 2.75) is 11.3 Å². The number of rotatable bonds is 1. The van der Waals surface area contributed by atoms with Crippen molar-refractivity contribution in [1.29, 1.82) is 0 Å². The van der Waals surface area contributed by atoms with Crippen molar-refractivity contribution in [3.63, 3.8) is 0 Å². The monoisotopic (exact) mass is 180 g/mol. The van der Waals surface area contributed by atoms with Crippen molar-refractivity contribution in [1.82, 2.24) is 0 Å². The van der Waals surface area contributed by atoms with Crippen LogP contribution in [0.25, 0.3) is 0 Å². The summed E-state index contributed by atoms with van der Waals surface area (Å²) in [5.74, 6) is 0.816. The normalized spacial score (nSPS) is 14.6. The van der Waals surface area contributed by atoms with Crippen LogP contribution in [0.5, 0.6) is 5.75 Å². The lowest BCUT2D eigenvalue weighted by atomic mass is 10.2. The van der Waals surface area contributed by atoms with Gasteiger partial charge in [0.15, 0.2) is 5.12 Å². The van der Waals surface area contributed by atoms with Gasteiger partial charge in [0.05, 0.1) is 7.11 Å². The molecule has 0 unspecified atom stereocenters. The lowest BCUT2D eigenvalue weighted by Gasteiger charge is -2.00. The Morgan fingerprint density at radius 2 is 2.33 bits per heavy atom. The van der Waals surface area contributed by atoms with Crippen LogP contribution in [0.1, 0.15) is 5.56 Å². The third-order valence-corrected chi connectivity index (χ3v) is 2.80. The Hall–Kier alpha value is -0.960. The summed E-state index contributed by atoms with van der Waals surface area (Å²) >= 11 is 1.30. The summed E-state index contributed by atoms with van der Waals surface area (Å²) in [6, 6.07) is 5.74. The van der Waals surface area contributed by atoms with Crippen molar-refractivity contribution in [3.05, 3.63) is 23.8 Å². The molecule has 12 heavy (non-hydrogen) atoms. The van der Waals surface area contributed by atoms with E-state index in [9.17, 15) is 4.79 Å². The fourth-order valence-electron chi connectivity index (χ4n) is 1.22. The SMILES string of the molecule is COc1ccc2c(c1)SC(=O)C2. The minimum absolute atomic E-state index is 0.221. The van der Waals surface area contributed by atoms with Crippen LogP contribution in [0.15, 0.2) is 23.1 Å². The molecule has 0 spiro atoms. The zero-order valence-electron chi connectivity index (χ0n) is 6.66. The van der Waals surface area contributed by atoms with Crippen LogP contribution in [0.4, 0.5) is 0 Å². The van der Waals surface area contributed by atoms with Crippen LogP contribution in [-0.2, 0) is 11.2 Å². The van der Waals surface area contributed by atoms with E-state index >= 15 is 0 Å². The zero-order chi connectivity index (χ0) is 8.55. The van der Waals surface area contributed by atoms with Gasteiger partial charge in [-0.3, -0.25) is 4.79 Å². The van der Waals surface area contributed by atoms with Crippen molar-refractivity contribution < 1.29 is 9.53 Å². The third-order valence-electron chi connectivity index (χ3n) is 1.83.